The number of fused-ring (bicyclic) bond motifs is 2. The number of aromatic hydroxyl groups is 1. The monoisotopic (exact) mass is 708 g/mol. The summed E-state index contributed by atoms with van der Waals surface area (Å²) in [6.07, 6.45) is -1.88. The number of amides is 1. The fourth-order valence-electron chi connectivity index (χ4n) is 6.40. The van der Waals surface area contributed by atoms with E-state index in [1.165, 1.54) is 4.52 Å². The van der Waals surface area contributed by atoms with E-state index in [2.05, 4.69) is 20.3 Å². The first-order valence-electron chi connectivity index (χ1n) is 16.1. The number of hydrogen-bond donors (Lipinski definition) is 2. The molecule has 0 bridgehead atoms. The molecule has 3 aromatic heterocycles. The first-order chi connectivity index (χ1) is 24.0. The number of rotatable bonds is 8. The molecule has 0 saturated carbocycles. The van der Waals surface area contributed by atoms with Crippen LogP contribution in [0.3, 0.4) is 0 Å². The van der Waals surface area contributed by atoms with Crippen LogP contribution in [0.15, 0.2) is 59.5 Å². The van der Waals surface area contributed by atoms with Gasteiger partial charge in [0.1, 0.15) is 23.7 Å². The maximum absolute atomic E-state index is 14.3. The normalized spacial score (nSPS) is 14.9. The Morgan fingerprint density at radius 1 is 1.10 bits per heavy atom. The molecule has 0 aliphatic carbocycles. The number of benzene rings is 2. The van der Waals surface area contributed by atoms with Crippen molar-refractivity contribution in [2.75, 3.05) is 43.0 Å². The number of alkyl halides is 3. The highest BCUT2D eigenvalue weighted by atomic mass is 35.5. The zero-order chi connectivity index (χ0) is 35.2. The summed E-state index contributed by atoms with van der Waals surface area (Å²) in [6, 6.07) is 11.5. The van der Waals surface area contributed by atoms with Crippen molar-refractivity contribution in [3.05, 3.63) is 92.6 Å². The molecule has 0 unspecified atom stereocenters. The first-order valence-corrected chi connectivity index (χ1v) is 16.4. The lowest BCUT2D eigenvalue weighted by Crippen LogP contribution is -2.48. The second-order valence-corrected chi connectivity index (χ2v) is 12.5. The minimum absolute atomic E-state index is 0.0117. The molecule has 0 spiro atoms. The van der Waals surface area contributed by atoms with Gasteiger partial charge in [-0.15, -0.1) is 5.10 Å². The molecule has 1 fully saturated rings. The zero-order valence-electron chi connectivity index (χ0n) is 26.9. The Labute approximate surface area is 288 Å². The van der Waals surface area contributed by atoms with Crippen LogP contribution >= 0.6 is 11.6 Å². The minimum Gasteiger partial charge on any atom is -0.506 e. The molecule has 0 atom stereocenters. The Hall–Kier alpha value is -5.15. The van der Waals surface area contributed by atoms with E-state index >= 15 is 0 Å². The van der Waals surface area contributed by atoms with Gasteiger partial charge in [-0.2, -0.15) is 22.7 Å². The number of nitrogens with zero attached hydrogens (tertiary/aromatic N) is 7. The summed E-state index contributed by atoms with van der Waals surface area (Å²) in [4.78, 5) is 40.9. The third kappa shape index (κ3) is 6.45. The molecule has 1 saturated heterocycles. The van der Waals surface area contributed by atoms with Gasteiger partial charge in [-0.1, -0.05) is 18.5 Å². The van der Waals surface area contributed by atoms with E-state index in [4.69, 9.17) is 21.3 Å². The van der Waals surface area contributed by atoms with Crippen molar-refractivity contribution >= 4 is 34.7 Å². The molecular formula is C34H32ClF3N8O4. The van der Waals surface area contributed by atoms with Crippen LogP contribution in [-0.4, -0.2) is 72.8 Å². The smallest absolute Gasteiger partial charge is 0.416 e. The Morgan fingerprint density at radius 3 is 2.62 bits per heavy atom. The van der Waals surface area contributed by atoms with Crippen LogP contribution in [0.2, 0.25) is 5.02 Å². The van der Waals surface area contributed by atoms with Crippen LogP contribution in [0.5, 0.6) is 11.5 Å². The van der Waals surface area contributed by atoms with E-state index in [1.807, 2.05) is 30.0 Å². The first kappa shape index (κ1) is 33.4. The average molecular weight is 709 g/mol. The Kier molecular flexibility index (Phi) is 8.86. The molecule has 7 rings (SSSR count). The van der Waals surface area contributed by atoms with E-state index in [-0.39, 0.29) is 34.6 Å². The van der Waals surface area contributed by atoms with Crippen LogP contribution < -0.4 is 20.5 Å². The molecule has 1 amide bonds. The highest BCUT2D eigenvalue weighted by Crippen LogP contribution is 2.34. The number of hydrogen-bond acceptors (Lipinski definition) is 9. The highest BCUT2D eigenvalue weighted by molar-refractivity contribution is 6.33. The summed E-state index contributed by atoms with van der Waals surface area (Å²) < 4.78 is 48.1. The van der Waals surface area contributed by atoms with Crippen LogP contribution in [0.25, 0.3) is 17.2 Å². The second-order valence-electron chi connectivity index (χ2n) is 12.1. The van der Waals surface area contributed by atoms with Gasteiger partial charge >= 0.3 is 6.18 Å². The quantitative estimate of drug-likeness (QED) is 0.234. The van der Waals surface area contributed by atoms with E-state index < -0.39 is 23.2 Å². The number of nitrogens with one attached hydrogen (secondary N) is 1. The molecule has 2 aliphatic heterocycles. The molecule has 16 heteroatoms. The van der Waals surface area contributed by atoms with E-state index in [0.717, 1.165) is 35.9 Å². The van der Waals surface area contributed by atoms with Crippen molar-refractivity contribution < 1.29 is 27.8 Å². The Morgan fingerprint density at radius 2 is 1.90 bits per heavy atom. The summed E-state index contributed by atoms with van der Waals surface area (Å²) in [5.74, 6) is 0.738. The summed E-state index contributed by atoms with van der Waals surface area (Å²) in [5, 5.41) is 17.2. The van der Waals surface area contributed by atoms with E-state index in [1.54, 1.807) is 22.9 Å². The molecule has 2 aliphatic rings. The average Bonchev–Trinajstić information content (AvgIpc) is 3.76. The maximum atomic E-state index is 14.3. The minimum atomic E-state index is -4.59. The van der Waals surface area contributed by atoms with Crippen molar-refractivity contribution in [3.63, 3.8) is 0 Å². The molecular weight excluding hydrogens is 677 g/mol. The molecule has 12 nitrogen and oxygen atoms in total. The number of ether oxygens (including phenoxy) is 1. The SMILES string of the molecule is CCc1c(N2CCN(Cc3ncccc3O)CC2)c(=O)n2nc(-c3ccc4c(c3)CCO4)nc2n1CC(=O)Nc1ccc(C(F)(F)F)cc1Cl. The molecule has 50 heavy (non-hydrogen) atoms. The van der Waals surface area contributed by atoms with Gasteiger partial charge in [0.2, 0.25) is 11.7 Å². The largest absolute Gasteiger partial charge is 0.506 e. The molecule has 5 heterocycles. The lowest BCUT2D eigenvalue weighted by Gasteiger charge is -2.36. The van der Waals surface area contributed by atoms with Crippen LogP contribution in [0.1, 0.15) is 29.4 Å². The van der Waals surface area contributed by atoms with Gasteiger partial charge in [0.25, 0.3) is 5.56 Å². The summed E-state index contributed by atoms with van der Waals surface area (Å²) >= 11 is 6.14. The Bertz CT molecular complexity index is 2160. The highest BCUT2D eigenvalue weighted by Gasteiger charge is 2.32. The molecule has 5 aromatic rings. The van der Waals surface area contributed by atoms with Crippen molar-refractivity contribution in [2.24, 2.45) is 0 Å². The van der Waals surface area contributed by atoms with Crippen LogP contribution in [0.4, 0.5) is 24.5 Å². The summed E-state index contributed by atoms with van der Waals surface area (Å²) in [5.41, 5.74) is 1.84. The van der Waals surface area contributed by atoms with Crippen LogP contribution in [-0.2, 0) is 36.9 Å². The van der Waals surface area contributed by atoms with Gasteiger partial charge in [-0.05, 0) is 60.5 Å². The lowest BCUT2D eigenvalue weighted by molar-refractivity contribution is -0.137. The number of anilines is 2. The number of carbonyl (C=O) groups is 1. The van der Waals surface area contributed by atoms with Crippen LogP contribution in [0, 0.1) is 0 Å². The predicted octanol–water partition coefficient (Wildman–Crippen LogP) is 4.79. The van der Waals surface area contributed by atoms with Gasteiger partial charge in [0.15, 0.2) is 5.82 Å². The number of piperazine rings is 1. The number of halogens is 4. The maximum Gasteiger partial charge on any atom is 0.416 e. The van der Waals surface area contributed by atoms with Crippen molar-refractivity contribution in [1.82, 2.24) is 29.0 Å². The van der Waals surface area contributed by atoms with Gasteiger partial charge in [-0.25, -0.2) is 0 Å². The second kappa shape index (κ2) is 13.3. The van der Waals surface area contributed by atoms with E-state index in [9.17, 15) is 27.9 Å². The summed E-state index contributed by atoms with van der Waals surface area (Å²) in [7, 11) is 0. The summed E-state index contributed by atoms with van der Waals surface area (Å²) in [6.45, 7) is 4.64. The third-order valence-corrected chi connectivity index (χ3v) is 9.22. The molecule has 2 aromatic carbocycles. The fourth-order valence-corrected chi connectivity index (χ4v) is 6.62. The Balaban J connectivity index is 1.24. The third-order valence-electron chi connectivity index (χ3n) is 8.91. The van der Waals surface area contributed by atoms with E-state index in [0.29, 0.717) is 68.4 Å². The van der Waals surface area contributed by atoms with Gasteiger partial charge in [0.05, 0.1) is 34.3 Å². The number of pyridine rings is 1. The standard InChI is InChI=1S/C34H32ClF3N8O4/c1-2-26-30(44-13-11-43(12-14-44)18-25-27(47)4-3-10-39-25)32(49)46-33(41-31(42-46)21-5-8-28-20(16-21)9-15-50-28)45(26)19-29(48)40-24-7-6-22(17-23(24)35)34(36,37)38/h3-8,10,16-17,47H,2,9,11-15,18-19H2,1H3,(H,40,48). The van der Waals surface area contributed by atoms with Gasteiger partial charge < -0.3 is 24.6 Å². The fraction of sp³-hybridized carbons (Fsp3) is 0.324. The van der Waals surface area contributed by atoms with Gasteiger partial charge in [-0.3, -0.25) is 19.5 Å². The predicted molar refractivity (Wildman–Crippen MR) is 180 cm³/mol. The molecule has 0 radical (unpaired) electrons. The number of carbonyl (C=O) groups excluding carboxylic acids is 1. The molecule has 2 N–H and O–H groups in total. The van der Waals surface area contributed by atoms with Crippen molar-refractivity contribution in [3.8, 4) is 22.9 Å². The van der Waals surface area contributed by atoms with Gasteiger partial charge in [0, 0.05) is 50.9 Å². The zero-order valence-corrected chi connectivity index (χ0v) is 27.6. The number of aromatic nitrogens is 5. The van der Waals surface area contributed by atoms with Crippen molar-refractivity contribution in [1.29, 1.82) is 0 Å². The lowest BCUT2D eigenvalue weighted by atomic mass is 10.1. The van der Waals surface area contributed by atoms with Crippen molar-refractivity contribution in [2.45, 2.75) is 39.0 Å². The molecule has 260 valence electrons. The topological polar surface area (TPSA) is 130 Å².